The van der Waals surface area contributed by atoms with Gasteiger partial charge in [-0.15, -0.1) is 0 Å². The van der Waals surface area contributed by atoms with Crippen LogP contribution in [-0.2, 0) is 14.6 Å². The molecule has 1 heterocycles. The third-order valence-electron chi connectivity index (χ3n) is 3.95. The Morgan fingerprint density at radius 3 is 2.21 bits per heavy atom. The van der Waals surface area contributed by atoms with E-state index in [-0.39, 0.29) is 23.9 Å². The van der Waals surface area contributed by atoms with Gasteiger partial charge in [0, 0.05) is 49.4 Å². The lowest BCUT2D eigenvalue weighted by atomic mass is 10.1. The molecule has 0 aromatic heterocycles. The average Bonchev–Trinajstić information content (AvgIpc) is 2.53. The molecule has 0 bridgehead atoms. The Hall–Kier alpha value is -1.44. The molecule has 8 heteroatoms. The number of halogens is 1. The topological polar surface area (TPSA) is 74.8 Å². The number of hydrogen-bond acceptors (Lipinski definition) is 5. The summed E-state index contributed by atoms with van der Waals surface area (Å²) in [4.78, 5) is 27.9. The van der Waals surface area contributed by atoms with E-state index in [0.29, 0.717) is 43.3 Å². The van der Waals surface area contributed by atoms with Gasteiger partial charge >= 0.3 is 0 Å². The Morgan fingerprint density at radius 2 is 1.67 bits per heavy atom. The predicted molar refractivity (Wildman–Crippen MR) is 93.1 cm³/mol. The minimum Gasteiger partial charge on any atom is -0.340 e. The average molecular weight is 373 g/mol. The summed E-state index contributed by atoms with van der Waals surface area (Å²) in [7, 11) is -3.13. The Kier molecular flexibility index (Phi) is 6.37. The number of hydrogen-bond donors (Lipinski definition) is 0. The Morgan fingerprint density at radius 1 is 1.08 bits per heavy atom. The lowest BCUT2D eigenvalue weighted by Crippen LogP contribution is -2.50. The van der Waals surface area contributed by atoms with E-state index in [9.17, 15) is 18.0 Å². The molecule has 1 aromatic rings. The minimum absolute atomic E-state index is 0.0164. The monoisotopic (exact) mass is 372 g/mol. The second-order valence-corrected chi connectivity index (χ2v) is 8.66. The van der Waals surface area contributed by atoms with E-state index in [2.05, 4.69) is 0 Å². The van der Waals surface area contributed by atoms with Crippen molar-refractivity contribution in [2.45, 2.75) is 6.42 Å². The number of ketones is 1. The maximum absolute atomic E-state index is 12.2. The first-order valence-electron chi connectivity index (χ1n) is 7.71. The first-order valence-corrected chi connectivity index (χ1v) is 10.1. The number of rotatable bonds is 6. The maximum atomic E-state index is 12.2. The molecule has 1 saturated heterocycles. The van der Waals surface area contributed by atoms with Gasteiger partial charge in [-0.05, 0) is 24.3 Å². The van der Waals surface area contributed by atoms with Crippen molar-refractivity contribution in [2.24, 2.45) is 0 Å². The van der Waals surface area contributed by atoms with Gasteiger partial charge in [0.05, 0.1) is 12.3 Å². The lowest BCUT2D eigenvalue weighted by Gasteiger charge is -2.34. The summed E-state index contributed by atoms with van der Waals surface area (Å²) < 4.78 is 22.2. The molecule has 6 nitrogen and oxygen atoms in total. The summed E-state index contributed by atoms with van der Waals surface area (Å²) in [5.41, 5.74) is 0.617. The Balaban J connectivity index is 1.79. The van der Waals surface area contributed by atoms with Gasteiger partial charge in [-0.2, -0.15) is 0 Å². The second kappa shape index (κ2) is 8.09. The van der Waals surface area contributed by atoms with Crippen LogP contribution in [0, 0.1) is 0 Å². The van der Waals surface area contributed by atoms with Crippen molar-refractivity contribution in [1.82, 2.24) is 9.80 Å². The normalized spacial score (nSPS) is 16.2. The summed E-state index contributed by atoms with van der Waals surface area (Å²) in [5, 5.41) is 0.591. The molecule has 1 aromatic carbocycles. The number of nitrogens with zero attached hydrogens (tertiary/aromatic N) is 2. The molecule has 24 heavy (non-hydrogen) atoms. The lowest BCUT2D eigenvalue weighted by molar-refractivity contribution is -0.132. The van der Waals surface area contributed by atoms with Crippen molar-refractivity contribution in [3.05, 3.63) is 34.9 Å². The van der Waals surface area contributed by atoms with E-state index in [0.717, 1.165) is 6.26 Å². The van der Waals surface area contributed by atoms with Crippen LogP contribution in [-0.4, -0.2) is 74.6 Å². The fourth-order valence-corrected chi connectivity index (χ4v) is 3.19. The molecular formula is C16H21ClN2O4S. The highest BCUT2D eigenvalue weighted by Crippen LogP contribution is 2.11. The van der Waals surface area contributed by atoms with E-state index in [4.69, 9.17) is 11.6 Å². The van der Waals surface area contributed by atoms with Gasteiger partial charge in [-0.25, -0.2) is 8.42 Å². The van der Waals surface area contributed by atoms with Crippen LogP contribution >= 0.6 is 11.6 Å². The van der Waals surface area contributed by atoms with Crippen LogP contribution in [0.4, 0.5) is 0 Å². The zero-order valence-electron chi connectivity index (χ0n) is 13.6. The highest BCUT2D eigenvalue weighted by molar-refractivity contribution is 7.90. The molecular weight excluding hydrogens is 352 g/mol. The number of sulfone groups is 1. The molecule has 0 radical (unpaired) electrons. The highest BCUT2D eigenvalue weighted by atomic mass is 35.5. The fourth-order valence-electron chi connectivity index (χ4n) is 2.52. The fraction of sp³-hybridized carbons (Fsp3) is 0.500. The molecule has 1 amide bonds. The van der Waals surface area contributed by atoms with Crippen LogP contribution in [0.3, 0.4) is 0 Å². The van der Waals surface area contributed by atoms with Crippen molar-refractivity contribution in [3.8, 4) is 0 Å². The quantitative estimate of drug-likeness (QED) is 0.699. The molecule has 2 rings (SSSR count). The van der Waals surface area contributed by atoms with Crippen LogP contribution in [0.1, 0.15) is 16.8 Å². The Bertz CT molecular complexity index is 695. The van der Waals surface area contributed by atoms with Gasteiger partial charge in [0.15, 0.2) is 5.78 Å². The zero-order chi connectivity index (χ0) is 17.7. The van der Waals surface area contributed by atoms with E-state index in [1.165, 1.54) is 0 Å². The minimum atomic E-state index is -3.13. The molecule has 1 aliphatic rings. The molecule has 0 atom stereocenters. The summed E-state index contributed by atoms with van der Waals surface area (Å²) in [6.07, 6.45) is 1.14. The van der Waals surface area contributed by atoms with Crippen molar-refractivity contribution >= 4 is 33.1 Å². The van der Waals surface area contributed by atoms with Crippen molar-refractivity contribution < 1.29 is 18.0 Å². The number of benzene rings is 1. The zero-order valence-corrected chi connectivity index (χ0v) is 15.1. The molecule has 1 aliphatic heterocycles. The van der Waals surface area contributed by atoms with Crippen LogP contribution < -0.4 is 0 Å². The Labute approximate surface area is 147 Å². The van der Waals surface area contributed by atoms with E-state index >= 15 is 0 Å². The van der Waals surface area contributed by atoms with Gasteiger partial charge in [0.1, 0.15) is 9.84 Å². The largest absolute Gasteiger partial charge is 0.340 e. The highest BCUT2D eigenvalue weighted by Gasteiger charge is 2.23. The van der Waals surface area contributed by atoms with Gasteiger partial charge in [0.25, 0.3) is 0 Å². The van der Waals surface area contributed by atoms with Gasteiger partial charge in [-0.1, -0.05) is 11.6 Å². The second-order valence-electron chi connectivity index (χ2n) is 5.97. The molecule has 0 aliphatic carbocycles. The summed E-state index contributed by atoms with van der Waals surface area (Å²) in [6, 6.07) is 6.78. The maximum Gasteiger partial charge on any atom is 0.223 e. The first-order chi connectivity index (χ1) is 11.2. The SMILES string of the molecule is CS(=O)(=O)CCC(=O)N1CCN(CC(=O)c2ccc(Cl)cc2)CC1. The number of carbonyl (C=O) groups is 2. The summed E-state index contributed by atoms with van der Waals surface area (Å²) in [6.45, 7) is 2.52. The van der Waals surface area contributed by atoms with Crippen molar-refractivity contribution in [3.63, 3.8) is 0 Å². The van der Waals surface area contributed by atoms with Crippen LogP contribution in [0.2, 0.25) is 5.02 Å². The molecule has 0 spiro atoms. The number of amides is 1. The standard InChI is InChI=1S/C16H21ClN2O4S/c1-24(22,23)11-6-16(21)19-9-7-18(8-10-19)12-15(20)13-2-4-14(17)5-3-13/h2-5H,6-12H2,1H3. The predicted octanol–water partition coefficient (Wildman–Crippen LogP) is 1.10. The summed E-state index contributed by atoms with van der Waals surface area (Å²) in [5.74, 6) is -0.256. The van der Waals surface area contributed by atoms with E-state index in [1.807, 2.05) is 4.90 Å². The number of carbonyl (C=O) groups excluding carboxylic acids is 2. The third-order valence-corrected chi connectivity index (χ3v) is 5.14. The molecule has 0 unspecified atom stereocenters. The number of Topliss-reactive ketones (excluding diaryl/α,β-unsaturated/α-hetero) is 1. The van der Waals surface area contributed by atoms with Gasteiger partial charge in [0.2, 0.25) is 5.91 Å². The molecule has 0 N–H and O–H groups in total. The number of piperazine rings is 1. The van der Waals surface area contributed by atoms with Gasteiger partial charge in [-0.3, -0.25) is 14.5 Å². The first kappa shape index (κ1) is 18.9. The van der Waals surface area contributed by atoms with E-state index in [1.54, 1.807) is 29.2 Å². The third kappa shape index (κ3) is 5.89. The van der Waals surface area contributed by atoms with Crippen molar-refractivity contribution in [2.75, 3.05) is 44.7 Å². The van der Waals surface area contributed by atoms with E-state index < -0.39 is 9.84 Å². The molecule has 0 saturated carbocycles. The van der Waals surface area contributed by atoms with Crippen molar-refractivity contribution in [1.29, 1.82) is 0 Å². The molecule has 132 valence electrons. The molecule has 1 fully saturated rings. The summed E-state index contributed by atoms with van der Waals surface area (Å²) >= 11 is 5.81. The van der Waals surface area contributed by atoms with Crippen LogP contribution in [0.25, 0.3) is 0 Å². The van der Waals surface area contributed by atoms with Crippen LogP contribution in [0.15, 0.2) is 24.3 Å². The smallest absolute Gasteiger partial charge is 0.223 e. The van der Waals surface area contributed by atoms with Crippen LogP contribution in [0.5, 0.6) is 0 Å². The van der Waals surface area contributed by atoms with Gasteiger partial charge < -0.3 is 4.90 Å².